The third-order valence-electron chi connectivity index (χ3n) is 2.87. The van der Waals surface area contributed by atoms with Crippen molar-refractivity contribution in [2.45, 2.75) is 38.1 Å². The van der Waals surface area contributed by atoms with Crippen molar-refractivity contribution in [1.29, 1.82) is 0 Å². The Bertz CT molecular complexity index is 184. The van der Waals surface area contributed by atoms with Gasteiger partial charge in [0.1, 0.15) is 0 Å². The van der Waals surface area contributed by atoms with Crippen LogP contribution in [0, 0.1) is 5.92 Å². The summed E-state index contributed by atoms with van der Waals surface area (Å²) in [7, 11) is 0. The van der Waals surface area contributed by atoms with Crippen LogP contribution in [-0.2, 0) is 4.79 Å². The number of aliphatic carboxylic acids is 1. The molecule has 1 aliphatic rings. The lowest BCUT2D eigenvalue weighted by Crippen LogP contribution is -2.34. The minimum absolute atomic E-state index is 0.226. The highest BCUT2D eigenvalue weighted by Gasteiger charge is 2.25. The molecule has 14 heavy (non-hydrogen) atoms. The van der Waals surface area contributed by atoms with Crippen LogP contribution in [0.3, 0.4) is 0 Å². The van der Waals surface area contributed by atoms with Gasteiger partial charge in [-0.3, -0.25) is 4.79 Å². The van der Waals surface area contributed by atoms with Gasteiger partial charge in [-0.2, -0.15) is 0 Å². The summed E-state index contributed by atoms with van der Waals surface area (Å²) in [6, 6.07) is 0.397. The molecule has 0 heterocycles. The van der Waals surface area contributed by atoms with Crippen molar-refractivity contribution < 1.29 is 15.0 Å². The number of carboxylic acids is 1. The van der Waals surface area contributed by atoms with Crippen molar-refractivity contribution in [1.82, 2.24) is 5.32 Å². The summed E-state index contributed by atoms with van der Waals surface area (Å²) in [6.07, 6.45) is 4.26. The molecule has 4 nitrogen and oxygen atoms in total. The molecule has 0 aromatic rings. The normalized spacial score (nSPS) is 26.6. The van der Waals surface area contributed by atoms with Crippen LogP contribution < -0.4 is 5.32 Å². The Balaban J connectivity index is 2.08. The summed E-state index contributed by atoms with van der Waals surface area (Å²) in [6.45, 7) is 0.990. The van der Waals surface area contributed by atoms with Gasteiger partial charge in [-0.25, -0.2) is 0 Å². The summed E-state index contributed by atoms with van der Waals surface area (Å²) in [5.41, 5.74) is 0. The SMILES string of the molecule is O=C(O)CCCNC1CCCC1CO. The van der Waals surface area contributed by atoms with Gasteiger partial charge < -0.3 is 15.5 Å². The molecule has 1 aliphatic carbocycles. The molecule has 0 amide bonds. The fourth-order valence-electron chi connectivity index (χ4n) is 2.05. The minimum Gasteiger partial charge on any atom is -0.481 e. The Morgan fingerprint density at radius 2 is 2.21 bits per heavy atom. The van der Waals surface area contributed by atoms with E-state index in [2.05, 4.69) is 5.32 Å². The molecule has 1 saturated carbocycles. The molecule has 0 bridgehead atoms. The summed E-state index contributed by atoms with van der Waals surface area (Å²) in [4.78, 5) is 10.2. The zero-order chi connectivity index (χ0) is 10.4. The summed E-state index contributed by atoms with van der Waals surface area (Å²) >= 11 is 0. The van der Waals surface area contributed by atoms with Gasteiger partial charge in [-0.05, 0) is 31.7 Å². The van der Waals surface area contributed by atoms with Crippen LogP contribution in [0.1, 0.15) is 32.1 Å². The van der Waals surface area contributed by atoms with E-state index in [1.165, 1.54) is 6.42 Å². The molecule has 0 aliphatic heterocycles. The van der Waals surface area contributed by atoms with E-state index in [9.17, 15) is 4.79 Å². The zero-order valence-corrected chi connectivity index (χ0v) is 8.41. The highest BCUT2D eigenvalue weighted by atomic mass is 16.4. The maximum absolute atomic E-state index is 10.2. The number of aliphatic hydroxyl groups excluding tert-OH is 1. The van der Waals surface area contributed by atoms with Crippen LogP contribution in [-0.4, -0.2) is 35.4 Å². The van der Waals surface area contributed by atoms with Crippen LogP contribution in [0.2, 0.25) is 0 Å². The number of nitrogens with one attached hydrogen (secondary N) is 1. The van der Waals surface area contributed by atoms with Crippen LogP contribution in [0.5, 0.6) is 0 Å². The average Bonchev–Trinajstić information content (AvgIpc) is 2.59. The van der Waals surface area contributed by atoms with Gasteiger partial charge in [0.15, 0.2) is 0 Å². The lowest BCUT2D eigenvalue weighted by molar-refractivity contribution is -0.137. The largest absolute Gasteiger partial charge is 0.481 e. The fourth-order valence-corrected chi connectivity index (χ4v) is 2.05. The average molecular weight is 201 g/mol. The first-order chi connectivity index (χ1) is 6.74. The van der Waals surface area contributed by atoms with Crippen molar-refractivity contribution >= 4 is 5.97 Å². The van der Waals surface area contributed by atoms with Crippen LogP contribution in [0.25, 0.3) is 0 Å². The minimum atomic E-state index is -0.739. The molecule has 0 radical (unpaired) electrons. The monoisotopic (exact) mass is 201 g/mol. The number of carboxylic acid groups (broad SMARTS) is 1. The van der Waals surface area contributed by atoms with Crippen molar-refractivity contribution in [3.63, 3.8) is 0 Å². The van der Waals surface area contributed by atoms with E-state index >= 15 is 0 Å². The summed E-state index contributed by atoms with van der Waals surface area (Å²) in [5, 5.41) is 20.8. The molecule has 82 valence electrons. The smallest absolute Gasteiger partial charge is 0.303 e. The second kappa shape index (κ2) is 5.98. The topological polar surface area (TPSA) is 69.6 Å². The number of hydrogen-bond acceptors (Lipinski definition) is 3. The molecule has 0 aromatic heterocycles. The predicted molar refractivity (Wildman–Crippen MR) is 53.1 cm³/mol. The first-order valence-electron chi connectivity index (χ1n) is 5.30. The van der Waals surface area contributed by atoms with Gasteiger partial charge in [0.25, 0.3) is 0 Å². The van der Waals surface area contributed by atoms with Crippen molar-refractivity contribution in [3.8, 4) is 0 Å². The second-order valence-corrected chi connectivity index (χ2v) is 3.93. The molecule has 1 fully saturated rings. The molecule has 0 spiro atoms. The Morgan fingerprint density at radius 1 is 1.43 bits per heavy atom. The molecular weight excluding hydrogens is 182 g/mol. The van der Waals surface area contributed by atoms with E-state index in [4.69, 9.17) is 10.2 Å². The summed E-state index contributed by atoms with van der Waals surface area (Å²) < 4.78 is 0. The van der Waals surface area contributed by atoms with E-state index in [0.717, 1.165) is 19.4 Å². The number of carbonyl (C=O) groups is 1. The quantitative estimate of drug-likeness (QED) is 0.550. The van der Waals surface area contributed by atoms with Gasteiger partial charge in [0.2, 0.25) is 0 Å². The maximum atomic E-state index is 10.2. The fraction of sp³-hybridized carbons (Fsp3) is 0.900. The number of hydrogen-bond donors (Lipinski definition) is 3. The molecule has 4 heteroatoms. The highest BCUT2D eigenvalue weighted by molar-refractivity contribution is 5.66. The van der Waals surface area contributed by atoms with Gasteiger partial charge >= 0.3 is 5.97 Å². The van der Waals surface area contributed by atoms with Crippen LogP contribution >= 0.6 is 0 Å². The highest BCUT2D eigenvalue weighted by Crippen LogP contribution is 2.24. The molecule has 0 aromatic carbocycles. The van der Waals surface area contributed by atoms with E-state index < -0.39 is 5.97 Å². The molecule has 2 unspecified atom stereocenters. The van der Waals surface area contributed by atoms with Crippen molar-refractivity contribution in [2.75, 3.05) is 13.2 Å². The third-order valence-corrected chi connectivity index (χ3v) is 2.87. The Hall–Kier alpha value is -0.610. The lowest BCUT2D eigenvalue weighted by atomic mass is 10.1. The third kappa shape index (κ3) is 3.64. The predicted octanol–water partition coefficient (Wildman–Crippen LogP) is 0.602. The molecule has 3 N–H and O–H groups in total. The zero-order valence-electron chi connectivity index (χ0n) is 8.41. The van der Waals surface area contributed by atoms with E-state index in [1.54, 1.807) is 0 Å². The Labute approximate surface area is 84.3 Å². The molecule has 2 atom stereocenters. The Kier molecular flexibility index (Phi) is 4.90. The van der Waals surface area contributed by atoms with E-state index in [1.807, 2.05) is 0 Å². The van der Waals surface area contributed by atoms with E-state index in [-0.39, 0.29) is 13.0 Å². The number of aliphatic hydroxyl groups is 1. The lowest BCUT2D eigenvalue weighted by Gasteiger charge is -2.18. The van der Waals surface area contributed by atoms with Crippen LogP contribution in [0.4, 0.5) is 0 Å². The molecule has 0 saturated heterocycles. The van der Waals surface area contributed by atoms with Gasteiger partial charge in [-0.15, -0.1) is 0 Å². The molecule has 1 rings (SSSR count). The van der Waals surface area contributed by atoms with Crippen LogP contribution in [0.15, 0.2) is 0 Å². The first kappa shape index (κ1) is 11.5. The van der Waals surface area contributed by atoms with Gasteiger partial charge in [-0.1, -0.05) is 6.42 Å². The maximum Gasteiger partial charge on any atom is 0.303 e. The van der Waals surface area contributed by atoms with Gasteiger partial charge in [0.05, 0.1) is 0 Å². The van der Waals surface area contributed by atoms with Gasteiger partial charge in [0, 0.05) is 19.1 Å². The standard InChI is InChI=1S/C10H19NO3/c12-7-8-3-1-4-9(8)11-6-2-5-10(13)14/h8-9,11-12H,1-7H2,(H,13,14). The van der Waals surface area contributed by atoms with E-state index in [0.29, 0.717) is 18.4 Å². The number of rotatable bonds is 6. The second-order valence-electron chi connectivity index (χ2n) is 3.93. The van der Waals surface area contributed by atoms with Crippen molar-refractivity contribution in [2.24, 2.45) is 5.92 Å². The van der Waals surface area contributed by atoms with Crippen molar-refractivity contribution in [3.05, 3.63) is 0 Å². The Morgan fingerprint density at radius 3 is 2.86 bits per heavy atom. The summed E-state index contributed by atoms with van der Waals surface area (Å²) in [5.74, 6) is -0.364. The molecular formula is C10H19NO3. The first-order valence-corrected chi connectivity index (χ1v) is 5.30.